The Balaban J connectivity index is 1.73. The summed E-state index contributed by atoms with van der Waals surface area (Å²) in [5.41, 5.74) is 10.8. The lowest BCUT2D eigenvalue weighted by atomic mass is 10.0. The highest BCUT2D eigenvalue weighted by molar-refractivity contribution is 6.44. The first-order valence-corrected chi connectivity index (χ1v) is 9.12. The summed E-state index contributed by atoms with van der Waals surface area (Å²) >= 11 is 0. The molecule has 0 bridgehead atoms. The highest BCUT2D eigenvalue weighted by Gasteiger charge is 2.23. The molecule has 0 aliphatic heterocycles. The number of hydrogen-bond donors (Lipinski definition) is 1. The van der Waals surface area contributed by atoms with E-state index in [1.54, 1.807) is 0 Å². The number of primary amides is 1. The second kappa shape index (κ2) is 7.16. The lowest BCUT2D eigenvalue weighted by Crippen LogP contribution is -2.23. The minimum Gasteiger partial charge on any atom is -0.363 e. The molecule has 4 nitrogen and oxygen atoms in total. The van der Waals surface area contributed by atoms with Crippen molar-refractivity contribution in [3.63, 3.8) is 0 Å². The third kappa shape index (κ3) is 3.09. The Labute approximate surface area is 163 Å². The van der Waals surface area contributed by atoms with Crippen molar-refractivity contribution in [1.29, 1.82) is 0 Å². The number of Topliss-reactive ketones (excluding diaryl/α,β-unsaturated/α-hetero) is 1. The second-order valence-electron chi connectivity index (χ2n) is 6.82. The van der Waals surface area contributed by atoms with Crippen molar-refractivity contribution >= 4 is 22.6 Å². The van der Waals surface area contributed by atoms with Crippen LogP contribution in [-0.4, -0.2) is 16.3 Å². The SMILES string of the molecule is Cc1c(C(=O)C(N)=O)c2ccccc2n1Cc1ccc(-c2ccccc2)cc1. The zero-order valence-electron chi connectivity index (χ0n) is 15.6. The molecule has 1 amide bonds. The molecule has 0 spiro atoms. The van der Waals surface area contributed by atoms with Crippen LogP contribution in [-0.2, 0) is 11.3 Å². The zero-order valence-corrected chi connectivity index (χ0v) is 15.6. The van der Waals surface area contributed by atoms with E-state index in [4.69, 9.17) is 5.73 Å². The predicted octanol–water partition coefficient (Wildman–Crippen LogP) is 4.33. The van der Waals surface area contributed by atoms with Crippen LogP contribution in [0.2, 0.25) is 0 Å². The summed E-state index contributed by atoms with van der Waals surface area (Å²) in [6.45, 7) is 2.46. The van der Waals surface area contributed by atoms with Gasteiger partial charge < -0.3 is 10.3 Å². The number of benzene rings is 3. The summed E-state index contributed by atoms with van der Waals surface area (Å²) < 4.78 is 2.06. The van der Waals surface area contributed by atoms with E-state index in [2.05, 4.69) is 41.0 Å². The molecule has 4 heteroatoms. The van der Waals surface area contributed by atoms with Crippen molar-refractivity contribution in [2.75, 3.05) is 0 Å². The van der Waals surface area contributed by atoms with Crippen molar-refractivity contribution in [1.82, 2.24) is 4.57 Å². The molecule has 0 aliphatic carbocycles. The number of carbonyl (C=O) groups is 2. The number of ketones is 1. The molecule has 0 atom stereocenters. The van der Waals surface area contributed by atoms with Gasteiger partial charge >= 0.3 is 0 Å². The van der Waals surface area contributed by atoms with Crippen LogP contribution >= 0.6 is 0 Å². The highest BCUT2D eigenvalue weighted by atomic mass is 16.2. The number of fused-ring (bicyclic) bond motifs is 1. The molecule has 138 valence electrons. The van der Waals surface area contributed by atoms with E-state index >= 15 is 0 Å². The highest BCUT2D eigenvalue weighted by Crippen LogP contribution is 2.28. The number of rotatable bonds is 5. The smallest absolute Gasteiger partial charge is 0.289 e. The van der Waals surface area contributed by atoms with Crippen LogP contribution in [0.1, 0.15) is 21.6 Å². The molecular weight excluding hydrogens is 348 g/mol. The van der Waals surface area contributed by atoms with E-state index in [1.807, 2.05) is 49.4 Å². The maximum absolute atomic E-state index is 12.4. The van der Waals surface area contributed by atoms with Gasteiger partial charge in [-0.3, -0.25) is 9.59 Å². The van der Waals surface area contributed by atoms with Crippen LogP contribution in [0, 0.1) is 6.92 Å². The summed E-state index contributed by atoms with van der Waals surface area (Å²) in [7, 11) is 0. The summed E-state index contributed by atoms with van der Waals surface area (Å²) in [6, 6.07) is 26.2. The number of aromatic nitrogens is 1. The number of nitrogens with two attached hydrogens (primary N) is 1. The molecule has 0 saturated heterocycles. The normalized spacial score (nSPS) is 10.9. The van der Waals surface area contributed by atoms with Gasteiger partial charge in [-0.25, -0.2) is 0 Å². The lowest BCUT2D eigenvalue weighted by molar-refractivity contribution is -0.114. The van der Waals surface area contributed by atoms with E-state index in [-0.39, 0.29) is 0 Å². The largest absolute Gasteiger partial charge is 0.363 e. The summed E-state index contributed by atoms with van der Waals surface area (Å²) in [6.07, 6.45) is 0. The van der Waals surface area contributed by atoms with Crippen molar-refractivity contribution in [3.8, 4) is 11.1 Å². The van der Waals surface area contributed by atoms with Gasteiger partial charge in [-0.15, -0.1) is 0 Å². The predicted molar refractivity (Wildman–Crippen MR) is 111 cm³/mol. The van der Waals surface area contributed by atoms with Crippen molar-refractivity contribution in [2.24, 2.45) is 5.73 Å². The fraction of sp³-hybridized carbons (Fsp3) is 0.0833. The van der Waals surface area contributed by atoms with Gasteiger partial charge in [0.15, 0.2) is 0 Å². The van der Waals surface area contributed by atoms with Crippen molar-refractivity contribution in [2.45, 2.75) is 13.5 Å². The molecule has 0 aliphatic rings. The van der Waals surface area contributed by atoms with Crippen LogP contribution in [0.4, 0.5) is 0 Å². The molecule has 1 aromatic heterocycles. The fourth-order valence-electron chi connectivity index (χ4n) is 3.66. The Kier molecular flexibility index (Phi) is 4.53. The van der Waals surface area contributed by atoms with Gasteiger partial charge in [0, 0.05) is 23.1 Å². The summed E-state index contributed by atoms with van der Waals surface area (Å²) in [5, 5.41) is 0.754. The molecule has 28 heavy (non-hydrogen) atoms. The van der Waals surface area contributed by atoms with E-state index in [0.717, 1.165) is 27.7 Å². The van der Waals surface area contributed by atoms with Gasteiger partial charge in [0.25, 0.3) is 11.7 Å². The first-order valence-electron chi connectivity index (χ1n) is 9.12. The number of hydrogen-bond acceptors (Lipinski definition) is 2. The Hall–Kier alpha value is -3.66. The van der Waals surface area contributed by atoms with E-state index in [9.17, 15) is 9.59 Å². The Morgan fingerprint density at radius 3 is 2.11 bits per heavy atom. The molecule has 0 radical (unpaired) electrons. The van der Waals surface area contributed by atoms with Crippen LogP contribution in [0.25, 0.3) is 22.0 Å². The molecule has 0 saturated carbocycles. The van der Waals surface area contributed by atoms with Gasteiger partial charge in [0.05, 0.1) is 5.56 Å². The molecule has 4 rings (SSSR count). The zero-order chi connectivity index (χ0) is 19.7. The fourth-order valence-corrected chi connectivity index (χ4v) is 3.66. The Bertz CT molecular complexity index is 1170. The Morgan fingerprint density at radius 2 is 1.43 bits per heavy atom. The van der Waals surface area contributed by atoms with E-state index in [0.29, 0.717) is 12.1 Å². The van der Waals surface area contributed by atoms with Gasteiger partial charge in [0.1, 0.15) is 0 Å². The first-order chi connectivity index (χ1) is 13.6. The molecule has 3 aromatic carbocycles. The third-order valence-corrected chi connectivity index (χ3v) is 5.08. The minimum absolute atomic E-state index is 0.393. The van der Waals surface area contributed by atoms with Gasteiger partial charge in [-0.2, -0.15) is 0 Å². The molecular formula is C24H20N2O2. The number of amides is 1. The maximum Gasteiger partial charge on any atom is 0.289 e. The minimum atomic E-state index is -0.932. The first kappa shape index (κ1) is 17.7. The maximum atomic E-state index is 12.4. The molecule has 0 fully saturated rings. The van der Waals surface area contributed by atoms with E-state index < -0.39 is 11.7 Å². The standard InChI is InChI=1S/C24H20N2O2/c1-16-22(23(27)24(25)28)20-9-5-6-10-21(20)26(16)15-17-11-13-19(14-12-17)18-7-3-2-4-8-18/h2-14H,15H2,1H3,(H2,25,28). The van der Waals surface area contributed by atoms with Crippen molar-refractivity contribution in [3.05, 3.63) is 95.7 Å². The molecule has 1 heterocycles. The topological polar surface area (TPSA) is 65.1 Å². The molecule has 0 unspecified atom stereocenters. The van der Waals surface area contributed by atoms with Gasteiger partial charge in [0.2, 0.25) is 0 Å². The second-order valence-corrected chi connectivity index (χ2v) is 6.82. The molecule has 2 N–H and O–H groups in total. The summed E-state index contributed by atoms with van der Waals surface area (Å²) in [5.74, 6) is -1.58. The average Bonchev–Trinajstić information content (AvgIpc) is 3.00. The van der Waals surface area contributed by atoms with Gasteiger partial charge in [-0.05, 0) is 29.7 Å². The van der Waals surface area contributed by atoms with Crippen LogP contribution in [0.5, 0.6) is 0 Å². The number of nitrogens with zero attached hydrogens (tertiary/aromatic N) is 1. The van der Waals surface area contributed by atoms with E-state index in [1.165, 1.54) is 5.56 Å². The van der Waals surface area contributed by atoms with Crippen LogP contribution < -0.4 is 5.73 Å². The lowest BCUT2D eigenvalue weighted by Gasteiger charge is -2.10. The quantitative estimate of drug-likeness (QED) is 0.421. The summed E-state index contributed by atoms with van der Waals surface area (Å²) in [4.78, 5) is 23.9. The van der Waals surface area contributed by atoms with Crippen molar-refractivity contribution < 1.29 is 9.59 Å². The molecule has 4 aromatic rings. The average molecular weight is 368 g/mol. The monoisotopic (exact) mass is 368 g/mol. The number of carbonyl (C=O) groups excluding carboxylic acids is 2. The number of para-hydroxylation sites is 1. The van der Waals surface area contributed by atoms with Crippen LogP contribution in [0.3, 0.4) is 0 Å². The van der Waals surface area contributed by atoms with Crippen LogP contribution in [0.15, 0.2) is 78.9 Å². The third-order valence-electron chi connectivity index (χ3n) is 5.08. The Morgan fingerprint density at radius 1 is 0.821 bits per heavy atom. The van der Waals surface area contributed by atoms with Gasteiger partial charge in [-0.1, -0.05) is 72.8 Å².